The number of nitrogen functional groups attached to an aromatic ring is 1. The van der Waals surface area contributed by atoms with E-state index in [1.165, 1.54) is 6.07 Å². The van der Waals surface area contributed by atoms with Gasteiger partial charge in [-0.3, -0.25) is 4.98 Å². The number of benzene rings is 2. The number of halogens is 3. The Kier molecular flexibility index (Phi) is 4.21. The summed E-state index contributed by atoms with van der Waals surface area (Å²) in [4.78, 5) is 12.6. The van der Waals surface area contributed by atoms with Crippen molar-refractivity contribution >= 4 is 39.3 Å². The molecule has 0 fully saturated rings. The van der Waals surface area contributed by atoms with Crippen LogP contribution in [-0.2, 0) is 6.30 Å². The maximum atomic E-state index is 13.3. The molecule has 10 heteroatoms. The molecule has 7 nitrogen and oxygen atoms in total. The Labute approximate surface area is 173 Å². The van der Waals surface area contributed by atoms with Gasteiger partial charge in [0, 0.05) is 23.8 Å². The molecule has 0 bridgehead atoms. The molecule has 0 amide bonds. The number of hydrogen-bond donors (Lipinski definition) is 2. The summed E-state index contributed by atoms with van der Waals surface area (Å²) in [6, 6.07) is 14.3. The summed E-state index contributed by atoms with van der Waals surface area (Å²) in [6.45, 7) is 0. The fraction of sp³-hybridized carbons (Fsp3) is 0.0476. The van der Waals surface area contributed by atoms with E-state index in [1.54, 1.807) is 18.5 Å². The van der Waals surface area contributed by atoms with Crippen molar-refractivity contribution in [3.63, 3.8) is 0 Å². The van der Waals surface area contributed by atoms with Gasteiger partial charge < -0.3 is 11.1 Å². The Balaban J connectivity index is 1.77. The molecular weight excluding hydrogens is 407 g/mol. The van der Waals surface area contributed by atoms with Gasteiger partial charge in [-0.25, -0.2) is 4.98 Å². The van der Waals surface area contributed by atoms with Crippen LogP contribution in [0.2, 0.25) is 0 Å². The third kappa shape index (κ3) is 3.27. The number of pyridine rings is 1. The van der Waals surface area contributed by atoms with Gasteiger partial charge in [0.1, 0.15) is 11.6 Å². The normalized spacial score (nSPS) is 11.8. The van der Waals surface area contributed by atoms with Gasteiger partial charge in [-0.1, -0.05) is 30.3 Å². The molecule has 0 unspecified atom stereocenters. The Morgan fingerprint density at radius 1 is 0.903 bits per heavy atom. The number of nitrogens with two attached hydrogens (primary N) is 1. The molecular formula is C21H14F3N7. The van der Waals surface area contributed by atoms with Crippen molar-refractivity contribution in [3.05, 3.63) is 67.1 Å². The molecule has 3 heterocycles. The van der Waals surface area contributed by atoms with E-state index in [2.05, 4.69) is 25.4 Å². The van der Waals surface area contributed by atoms with Crippen LogP contribution in [0.5, 0.6) is 0 Å². The topological polar surface area (TPSA) is 94.5 Å². The predicted octanol–water partition coefficient (Wildman–Crippen LogP) is 4.84. The Morgan fingerprint density at radius 2 is 1.71 bits per heavy atom. The van der Waals surface area contributed by atoms with Gasteiger partial charge in [0.05, 0.1) is 17.1 Å². The van der Waals surface area contributed by atoms with Crippen LogP contribution in [-0.4, -0.2) is 24.7 Å². The SMILES string of the molecule is Nc1nc(Nc2ccnn2C(F)(F)F)c2c(-c3cccc4cnccc34)cccc2n1. The van der Waals surface area contributed by atoms with Gasteiger partial charge in [0.2, 0.25) is 5.95 Å². The summed E-state index contributed by atoms with van der Waals surface area (Å²) >= 11 is 0. The molecule has 5 rings (SSSR count). The van der Waals surface area contributed by atoms with E-state index in [9.17, 15) is 13.2 Å². The van der Waals surface area contributed by atoms with Crippen LogP contribution in [0.4, 0.5) is 30.8 Å². The van der Waals surface area contributed by atoms with E-state index >= 15 is 0 Å². The molecule has 0 radical (unpaired) electrons. The van der Waals surface area contributed by atoms with E-state index in [0.29, 0.717) is 10.9 Å². The minimum absolute atomic E-state index is 0.0626. The summed E-state index contributed by atoms with van der Waals surface area (Å²) < 4.78 is 39.8. The van der Waals surface area contributed by atoms with Crippen LogP contribution in [0.25, 0.3) is 32.8 Å². The first kappa shape index (κ1) is 18.8. The highest BCUT2D eigenvalue weighted by atomic mass is 19.4. The lowest BCUT2D eigenvalue weighted by atomic mass is 9.96. The molecule has 0 saturated heterocycles. The molecule has 0 aliphatic carbocycles. The summed E-state index contributed by atoms with van der Waals surface area (Å²) in [5, 5.41) is 8.50. The van der Waals surface area contributed by atoms with Gasteiger partial charge >= 0.3 is 6.30 Å². The Morgan fingerprint density at radius 3 is 2.55 bits per heavy atom. The van der Waals surface area contributed by atoms with Crippen molar-refractivity contribution in [1.82, 2.24) is 24.7 Å². The number of alkyl halides is 3. The third-order valence-electron chi connectivity index (χ3n) is 4.84. The average molecular weight is 421 g/mol. The maximum Gasteiger partial charge on any atom is 0.506 e. The minimum Gasteiger partial charge on any atom is -0.368 e. The first-order chi connectivity index (χ1) is 14.9. The summed E-state index contributed by atoms with van der Waals surface area (Å²) in [5.41, 5.74) is 7.95. The first-order valence-corrected chi connectivity index (χ1v) is 9.19. The minimum atomic E-state index is -4.69. The number of aromatic nitrogens is 5. The highest BCUT2D eigenvalue weighted by molar-refractivity contribution is 6.08. The number of anilines is 3. The second kappa shape index (κ2) is 6.94. The van der Waals surface area contributed by atoms with Crippen LogP contribution in [0, 0.1) is 0 Å². The molecule has 0 spiro atoms. The van der Waals surface area contributed by atoms with Crippen LogP contribution in [0.15, 0.2) is 67.1 Å². The van der Waals surface area contributed by atoms with Crippen molar-refractivity contribution < 1.29 is 13.2 Å². The van der Waals surface area contributed by atoms with Crippen LogP contribution in [0.3, 0.4) is 0 Å². The average Bonchev–Trinajstić information content (AvgIpc) is 3.21. The van der Waals surface area contributed by atoms with Crippen molar-refractivity contribution in [2.75, 3.05) is 11.1 Å². The zero-order valence-corrected chi connectivity index (χ0v) is 15.8. The zero-order chi connectivity index (χ0) is 21.6. The zero-order valence-electron chi connectivity index (χ0n) is 15.8. The van der Waals surface area contributed by atoms with Crippen LogP contribution < -0.4 is 11.1 Å². The van der Waals surface area contributed by atoms with E-state index in [0.717, 1.165) is 28.1 Å². The molecule has 5 aromatic rings. The first-order valence-electron chi connectivity index (χ1n) is 9.19. The molecule has 0 atom stereocenters. The highest BCUT2D eigenvalue weighted by Gasteiger charge is 2.34. The number of hydrogen-bond acceptors (Lipinski definition) is 6. The standard InChI is InChI=1S/C21H14F3N7/c22-21(23,24)31-17(8-10-27-31)29-19-18-15(5-2-6-16(18)28-20(25)30-19)14-4-1-3-12-11-26-9-7-13(12)14/h1-11H,(H3,25,28,29,30). The van der Waals surface area contributed by atoms with E-state index < -0.39 is 6.30 Å². The maximum absolute atomic E-state index is 13.3. The lowest BCUT2D eigenvalue weighted by molar-refractivity contribution is -0.210. The van der Waals surface area contributed by atoms with Crippen molar-refractivity contribution in [2.24, 2.45) is 0 Å². The van der Waals surface area contributed by atoms with E-state index in [1.807, 2.05) is 36.4 Å². The van der Waals surface area contributed by atoms with Crippen molar-refractivity contribution in [3.8, 4) is 11.1 Å². The van der Waals surface area contributed by atoms with Crippen molar-refractivity contribution in [2.45, 2.75) is 6.30 Å². The molecule has 0 aliphatic heterocycles. The Bertz CT molecular complexity index is 1420. The summed E-state index contributed by atoms with van der Waals surface area (Å²) in [5.74, 6) is -0.202. The monoisotopic (exact) mass is 421 g/mol. The van der Waals surface area contributed by atoms with Gasteiger partial charge in [-0.05, 0) is 28.6 Å². The van der Waals surface area contributed by atoms with Gasteiger partial charge in [-0.2, -0.15) is 14.8 Å². The van der Waals surface area contributed by atoms with Crippen LogP contribution in [0.1, 0.15) is 0 Å². The smallest absolute Gasteiger partial charge is 0.368 e. The molecule has 0 aliphatic rings. The van der Waals surface area contributed by atoms with Crippen molar-refractivity contribution in [1.29, 1.82) is 0 Å². The quantitative estimate of drug-likeness (QED) is 0.433. The second-order valence-corrected chi connectivity index (χ2v) is 6.75. The third-order valence-corrected chi connectivity index (χ3v) is 4.84. The molecule has 2 aromatic carbocycles. The summed E-state index contributed by atoms with van der Waals surface area (Å²) in [6.07, 6.45) is -0.196. The van der Waals surface area contributed by atoms with Gasteiger partial charge in [-0.15, -0.1) is 13.2 Å². The number of rotatable bonds is 3. The molecule has 31 heavy (non-hydrogen) atoms. The molecule has 0 saturated carbocycles. The molecule has 3 aromatic heterocycles. The largest absolute Gasteiger partial charge is 0.506 e. The number of fused-ring (bicyclic) bond motifs is 2. The number of nitrogens with zero attached hydrogens (tertiary/aromatic N) is 5. The fourth-order valence-electron chi connectivity index (χ4n) is 3.59. The molecule has 154 valence electrons. The van der Waals surface area contributed by atoms with Crippen LogP contribution >= 0.6 is 0 Å². The van der Waals surface area contributed by atoms with Gasteiger partial charge in [0.15, 0.2) is 0 Å². The lowest BCUT2D eigenvalue weighted by Crippen LogP contribution is -2.20. The van der Waals surface area contributed by atoms with Gasteiger partial charge in [0.25, 0.3) is 0 Å². The summed E-state index contributed by atoms with van der Waals surface area (Å²) in [7, 11) is 0. The Hall–Kier alpha value is -4.21. The highest BCUT2D eigenvalue weighted by Crippen LogP contribution is 2.37. The second-order valence-electron chi connectivity index (χ2n) is 6.75. The predicted molar refractivity (Wildman–Crippen MR) is 111 cm³/mol. The lowest BCUT2D eigenvalue weighted by Gasteiger charge is -2.16. The van der Waals surface area contributed by atoms with E-state index in [-0.39, 0.29) is 22.3 Å². The fourth-order valence-corrected chi connectivity index (χ4v) is 3.59. The molecule has 3 N–H and O–H groups in total. The number of nitrogens with one attached hydrogen (secondary N) is 1. The van der Waals surface area contributed by atoms with E-state index in [4.69, 9.17) is 5.73 Å².